The third-order valence-electron chi connectivity index (χ3n) is 11.0. The highest BCUT2D eigenvalue weighted by molar-refractivity contribution is 6.22. The summed E-state index contributed by atoms with van der Waals surface area (Å²) in [6.07, 6.45) is 0. The molecule has 3 heteroatoms. The van der Waals surface area contributed by atoms with Crippen molar-refractivity contribution in [3.63, 3.8) is 0 Å². The van der Waals surface area contributed by atoms with Crippen molar-refractivity contribution < 1.29 is 4.42 Å². The van der Waals surface area contributed by atoms with Crippen molar-refractivity contribution in [3.05, 3.63) is 200 Å². The van der Waals surface area contributed by atoms with Gasteiger partial charge < -0.3 is 14.3 Å². The topological polar surface area (TPSA) is 30.1 Å². The van der Waals surface area contributed by atoms with Crippen LogP contribution in [0.3, 0.4) is 0 Å². The van der Waals surface area contributed by atoms with Crippen LogP contribution in [0.5, 0.6) is 0 Å². The van der Waals surface area contributed by atoms with Crippen molar-refractivity contribution in [2.75, 3.05) is 5.32 Å². The van der Waals surface area contributed by atoms with E-state index in [0.717, 1.165) is 33.3 Å². The predicted octanol–water partition coefficient (Wildman–Crippen LogP) is 14.6. The summed E-state index contributed by atoms with van der Waals surface area (Å²) in [5, 5.41) is 10.8. The van der Waals surface area contributed by atoms with Crippen LogP contribution in [0.4, 0.5) is 11.4 Å². The fraction of sp³-hybridized carbons (Fsp3) is 0. The molecule has 0 amide bonds. The van der Waals surface area contributed by atoms with Crippen LogP contribution in [0, 0.1) is 0 Å². The molecule has 11 aromatic rings. The number of furan rings is 1. The van der Waals surface area contributed by atoms with Crippen molar-refractivity contribution in [1.82, 2.24) is 4.57 Å². The smallest absolute Gasteiger partial charge is 0.159 e. The molecule has 0 atom stereocenters. The van der Waals surface area contributed by atoms with Gasteiger partial charge in [-0.05, 0) is 98.8 Å². The minimum Gasteiger partial charge on any atom is -0.454 e. The predicted molar refractivity (Wildman–Crippen MR) is 232 cm³/mol. The fourth-order valence-electron chi connectivity index (χ4n) is 8.29. The number of rotatable bonds is 6. The standard InChI is InChI=1S/C52H34N2O/c1-2-11-42(12-3-1)54-48-16-8-6-14-44(48)46-32-39(28-31-49(46)54)38-24-22-35(23-25-38)34-18-20-36(21-19-34)37-26-29-41(30-27-37)53-47-33-40-10-4-5-13-43(40)51-45-15-7-9-17-50(45)55-52(47)51/h1-33,53H. The normalized spacial score (nSPS) is 11.6. The molecule has 0 radical (unpaired) electrons. The minimum atomic E-state index is 0.876. The van der Waals surface area contributed by atoms with E-state index in [4.69, 9.17) is 4.42 Å². The van der Waals surface area contributed by atoms with Gasteiger partial charge in [-0.1, -0.05) is 146 Å². The molecular weight excluding hydrogens is 669 g/mol. The number of fused-ring (bicyclic) bond motifs is 8. The first kappa shape index (κ1) is 31.2. The number of hydrogen-bond donors (Lipinski definition) is 1. The highest BCUT2D eigenvalue weighted by atomic mass is 16.3. The molecule has 2 heterocycles. The fourth-order valence-corrected chi connectivity index (χ4v) is 8.29. The van der Waals surface area contributed by atoms with E-state index < -0.39 is 0 Å². The molecule has 2 aromatic heterocycles. The second-order valence-electron chi connectivity index (χ2n) is 14.2. The van der Waals surface area contributed by atoms with Gasteiger partial charge in [-0.2, -0.15) is 0 Å². The van der Waals surface area contributed by atoms with Crippen molar-refractivity contribution in [2.24, 2.45) is 0 Å². The SMILES string of the molecule is c1ccc(-n2c3ccccc3c3cc(-c4ccc(-c5ccc(-c6ccc(Nc7cc8ccccc8c8c7oc7ccccc78)cc6)cc5)cc4)ccc32)cc1. The molecule has 0 unspecified atom stereocenters. The Morgan fingerprint density at radius 1 is 0.382 bits per heavy atom. The van der Waals surface area contributed by atoms with Gasteiger partial charge in [-0.3, -0.25) is 0 Å². The Kier molecular flexibility index (Phi) is 7.17. The average Bonchev–Trinajstić information content (AvgIpc) is 3.81. The van der Waals surface area contributed by atoms with Gasteiger partial charge in [0.1, 0.15) is 5.58 Å². The molecule has 3 nitrogen and oxygen atoms in total. The van der Waals surface area contributed by atoms with Crippen molar-refractivity contribution >= 4 is 65.9 Å². The third-order valence-corrected chi connectivity index (χ3v) is 11.0. The Labute approximate surface area is 318 Å². The van der Waals surface area contributed by atoms with Crippen molar-refractivity contribution in [3.8, 4) is 39.1 Å². The molecule has 0 bridgehead atoms. The van der Waals surface area contributed by atoms with Gasteiger partial charge in [0.15, 0.2) is 5.58 Å². The first-order valence-corrected chi connectivity index (χ1v) is 18.8. The monoisotopic (exact) mass is 702 g/mol. The number of hydrogen-bond acceptors (Lipinski definition) is 2. The number of anilines is 2. The van der Waals surface area contributed by atoms with E-state index in [2.05, 4.69) is 198 Å². The third kappa shape index (κ3) is 5.28. The van der Waals surface area contributed by atoms with Crippen LogP contribution in [-0.2, 0) is 0 Å². The van der Waals surface area contributed by atoms with Gasteiger partial charge in [0, 0.05) is 32.9 Å². The number of aromatic nitrogens is 1. The van der Waals surface area contributed by atoms with Gasteiger partial charge in [0.2, 0.25) is 0 Å². The lowest BCUT2D eigenvalue weighted by molar-refractivity contribution is 0.670. The van der Waals surface area contributed by atoms with E-state index in [1.807, 2.05) is 12.1 Å². The Morgan fingerprint density at radius 2 is 0.909 bits per heavy atom. The maximum absolute atomic E-state index is 6.41. The van der Waals surface area contributed by atoms with Crippen LogP contribution in [0.2, 0.25) is 0 Å². The van der Waals surface area contributed by atoms with Crippen LogP contribution in [0.25, 0.3) is 93.6 Å². The van der Waals surface area contributed by atoms with Crippen LogP contribution >= 0.6 is 0 Å². The van der Waals surface area contributed by atoms with Crippen LogP contribution in [0.15, 0.2) is 205 Å². The Balaban J connectivity index is 0.844. The Bertz CT molecular complexity index is 3190. The molecule has 55 heavy (non-hydrogen) atoms. The van der Waals surface area contributed by atoms with Crippen molar-refractivity contribution in [2.45, 2.75) is 0 Å². The van der Waals surface area contributed by atoms with Gasteiger partial charge in [-0.15, -0.1) is 0 Å². The van der Waals surface area contributed by atoms with E-state index >= 15 is 0 Å². The average molecular weight is 703 g/mol. The zero-order valence-electron chi connectivity index (χ0n) is 29.9. The molecule has 0 aliphatic carbocycles. The lowest BCUT2D eigenvalue weighted by atomic mass is 9.97. The minimum absolute atomic E-state index is 0.876. The summed E-state index contributed by atoms with van der Waals surface area (Å²) in [6.45, 7) is 0. The summed E-state index contributed by atoms with van der Waals surface area (Å²) in [5.74, 6) is 0. The van der Waals surface area contributed by atoms with E-state index in [1.54, 1.807) is 0 Å². The summed E-state index contributed by atoms with van der Waals surface area (Å²) in [7, 11) is 0. The van der Waals surface area contributed by atoms with E-state index in [0.29, 0.717) is 0 Å². The summed E-state index contributed by atoms with van der Waals surface area (Å²) in [5.41, 5.74) is 14.5. The number of para-hydroxylation sites is 3. The summed E-state index contributed by atoms with van der Waals surface area (Å²) in [6, 6.07) is 71.5. The summed E-state index contributed by atoms with van der Waals surface area (Å²) in [4.78, 5) is 0. The maximum Gasteiger partial charge on any atom is 0.159 e. The zero-order valence-corrected chi connectivity index (χ0v) is 29.9. The second kappa shape index (κ2) is 12.6. The van der Waals surface area contributed by atoms with Gasteiger partial charge >= 0.3 is 0 Å². The molecule has 11 rings (SSSR count). The maximum atomic E-state index is 6.41. The molecule has 0 aliphatic heterocycles. The molecule has 0 fully saturated rings. The summed E-state index contributed by atoms with van der Waals surface area (Å²) >= 11 is 0. The summed E-state index contributed by atoms with van der Waals surface area (Å²) < 4.78 is 8.77. The van der Waals surface area contributed by atoms with Crippen molar-refractivity contribution in [1.29, 1.82) is 0 Å². The lowest BCUT2D eigenvalue weighted by Crippen LogP contribution is -1.92. The van der Waals surface area contributed by atoms with Gasteiger partial charge in [-0.25, -0.2) is 0 Å². The molecular formula is C52H34N2O. The first-order chi connectivity index (χ1) is 27.2. The van der Waals surface area contributed by atoms with E-state index in [9.17, 15) is 0 Å². The quantitative estimate of drug-likeness (QED) is 0.187. The van der Waals surface area contributed by atoms with Crippen LogP contribution in [0.1, 0.15) is 0 Å². The van der Waals surface area contributed by atoms with Crippen LogP contribution < -0.4 is 5.32 Å². The molecule has 0 saturated carbocycles. The Morgan fingerprint density at radius 3 is 1.62 bits per heavy atom. The van der Waals surface area contributed by atoms with Gasteiger partial charge in [0.05, 0.1) is 16.7 Å². The number of benzene rings is 9. The number of nitrogens with zero attached hydrogens (tertiary/aromatic N) is 1. The molecule has 0 saturated heterocycles. The largest absolute Gasteiger partial charge is 0.454 e. The first-order valence-electron chi connectivity index (χ1n) is 18.8. The molecule has 1 N–H and O–H groups in total. The molecule has 258 valence electrons. The van der Waals surface area contributed by atoms with Crippen LogP contribution in [-0.4, -0.2) is 4.57 Å². The molecule has 9 aromatic carbocycles. The number of nitrogens with one attached hydrogen (secondary N) is 1. The zero-order chi connectivity index (χ0) is 36.3. The van der Waals surface area contributed by atoms with Gasteiger partial charge in [0.25, 0.3) is 0 Å². The lowest BCUT2D eigenvalue weighted by Gasteiger charge is -2.11. The van der Waals surface area contributed by atoms with E-state index in [1.165, 1.54) is 71.6 Å². The second-order valence-corrected chi connectivity index (χ2v) is 14.2. The highest BCUT2D eigenvalue weighted by Crippen LogP contribution is 2.41. The highest BCUT2D eigenvalue weighted by Gasteiger charge is 2.16. The Hall–Kier alpha value is -7.36. The molecule has 0 spiro atoms. The van der Waals surface area contributed by atoms with E-state index in [-0.39, 0.29) is 0 Å². The molecule has 0 aliphatic rings.